The first kappa shape index (κ1) is 22.7. The molecule has 0 unspecified atom stereocenters. The van der Waals surface area contributed by atoms with E-state index in [4.69, 9.17) is 4.74 Å². The van der Waals surface area contributed by atoms with Crippen LogP contribution in [0.15, 0.2) is 29.6 Å². The molecule has 24 heavy (non-hydrogen) atoms. The molecule has 0 aliphatic heterocycles. The number of nitrogens with one attached hydrogen (secondary N) is 2. The summed E-state index contributed by atoms with van der Waals surface area (Å²) in [6.45, 7) is 6.89. The van der Waals surface area contributed by atoms with Crippen LogP contribution in [-0.4, -0.2) is 37.1 Å². The lowest BCUT2D eigenvalue weighted by Crippen LogP contribution is -2.31. The molecule has 134 valence electrons. The highest BCUT2D eigenvalue weighted by molar-refractivity contribution is 7.13. The molecule has 1 amide bonds. The topological polar surface area (TPSA) is 63.2 Å². The molecule has 1 aromatic carbocycles. The molecule has 0 radical (unpaired) electrons. The van der Waals surface area contributed by atoms with Gasteiger partial charge in [-0.2, -0.15) is 0 Å². The van der Waals surface area contributed by atoms with E-state index in [1.807, 2.05) is 38.1 Å². The van der Waals surface area contributed by atoms with Crippen LogP contribution in [0.4, 0.5) is 0 Å². The van der Waals surface area contributed by atoms with Gasteiger partial charge in [0.15, 0.2) is 0 Å². The number of benzene rings is 1. The van der Waals surface area contributed by atoms with Crippen molar-refractivity contribution in [1.82, 2.24) is 15.6 Å². The van der Waals surface area contributed by atoms with Crippen molar-refractivity contribution in [1.29, 1.82) is 0 Å². The van der Waals surface area contributed by atoms with Crippen LogP contribution in [0.25, 0.3) is 10.6 Å². The van der Waals surface area contributed by atoms with Gasteiger partial charge in [-0.3, -0.25) is 4.79 Å². The lowest BCUT2D eigenvalue weighted by Gasteiger charge is -2.03. The Balaban J connectivity index is 0.00000264. The third-order valence-electron chi connectivity index (χ3n) is 2.99. The second-order valence-electron chi connectivity index (χ2n) is 4.60. The first-order chi connectivity index (χ1) is 10.7. The van der Waals surface area contributed by atoms with Crippen LogP contribution in [0.5, 0.6) is 5.75 Å². The number of aromatic nitrogens is 1. The fourth-order valence-electron chi connectivity index (χ4n) is 1.90. The molecule has 2 rings (SSSR count). The van der Waals surface area contributed by atoms with Gasteiger partial charge in [-0.05, 0) is 37.7 Å². The first-order valence-electron chi connectivity index (χ1n) is 7.42. The van der Waals surface area contributed by atoms with Crippen molar-refractivity contribution < 1.29 is 9.53 Å². The summed E-state index contributed by atoms with van der Waals surface area (Å²) < 4.78 is 5.42. The predicted molar refractivity (Wildman–Crippen MR) is 104 cm³/mol. The smallest absolute Gasteiger partial charge is 0.270 e. The number of likely N-dealkylation sites (N-methyl/N-ethyl adjacent to an activating group) is 1. The quantitative estimate of drug-likeness (QED) is 0.676. The normalized spacial score (nSPS) is 9.58. The van der Waals surface area contributed by atoms with E-state index in [0.717, 1.165) is 29.4 Å². The summed E-state index contributed by atoms with van der Waals surface area (Å²) >= 11 is 1.47. The molecule has 0 spiro atoms. The van der Waals surface area contributed by atoms with E-state index in [2.05, 4.69) is 15.6 Å². The van der Waals surface area contributed by atoms with Crippen LogP contribution in [0.1, 0.15) is 24.3 Å². The van der Waals surface area contributed by atoms with Crippen LogP contribution >= 0.6 is 36.2 Å². The van der Waals surface area contributed by atoms with Gasteiger partial charge in [-0.1, -0.05) is 6.92 Å². The molecular formula is C16H23Cl2N3O2S. The summed E-state index contributed by atoms with van der Waals surface area (Å²) in [5, 5.41) is 8.62. The maximum atomic E-state index is 12.0. The Labute approximate surface area is 159 Å². The van der Waals surface area contributed by atoms with E-state index < -0.39 is 0 Å². The Kier molecular flexibility index (Phi) is 11.4. The molecule has 0 fully saturated rings. The van der Waals surface area contributed by atoms with Crippen molar-refractivity contribution in [2.75, 3.05) is 26.2 Å². The average Bonchev–Trinajstić information content (AvgIpc) is 3.02. The standard InChI is InChI=1S/C16H21N3O2S.2ClH/c1-3-17-9-10-18-15(20)14-11-22-16(19-14)12-5-7-13(8-6-12)21-4-2;;/h5-8,11,17H,3-4,9-10H2,1-2H3,(H,18,20);2*1H. The molecule has 1 aromatic heterocycles. The van der Waals surface area contributed by atoms with E-state index in [9.17, 15) is 4.79 Å². The number of hydrogen-bond acceptors (Lipinski definition) is 5. The zero-order valence-electron chi connectivity index (χ0n) is 13.7. The number of ether oxygens (including phenoxy) is 1. The maximum Gasteiger partial charge on any atom is 0.270 e. The van der Waals surface area contributed by atoms with Crippen molar-refractivity contribution in [3.05, 3.63) is 35.3 Å². The number of amides is 1. The van der Waals surface area contributed by atoms with Gasteiger partial charge in [0.05, 0.1) is 6.61 Å². The van der Waals surface area contributed by atoms with E-state index >= 15 is 0 Å². The highest BCUT2D eigenvalue weighted by Crippen LogP contribution is 2.25. The molecule has 0 saturated carbocycles. The maximum absolute atomic E-state index is 12.0. The molecule has 1 heterocycles. The van der Waals surface area contributed by atoms with Gasteiger partial charge in [-0.15, -0.1) is 36.2 Å². The van der Waals surface area contributed by atoms with Crippen molar-refractivity contribution in [2.45, 2.75) is 13.8 Å². The Morgan fingerprint density at radius 1 is 1.17 bits per heavy atom. The van der Waals surface area contributed by atoms with E-state index in [-0.39, 0.29) is 30.7 Å². The molecule has 8 heteroatoms. The number of hydrogen-bond donors (Lipinski definition) is 2. The summed E-state index contributed by atoms with van der Waals surface area (Å²) in [4.78, 5) is 16.4. The number of halogens is 2. The Bertz CT molecular complexity index is 606. The average molecular weight is 392 g/mol. The zero-order valence-corrected chi connectivity index (χ0v) is 16.2. The van der Waals surface area contributed by atoms with Crippen LogP contribution in [-0.2, 0) is 0 Å². The van der Waals surface area contributed by atoms with Crippen LogP contribution in [0.3, 0.4) is 0 Å². The summed E-state index contributed by atoms with van der Waals surface area (Å²) in [7, 11) is 0. The van der Waals surface area contributed by atoms with Crippen LogP contribution in [0, 0.1) is 0 Å². The molecule has 0 atom stereocenters. The number of carbonyl (C=O) groups excluding carboxylic acids is 1. The highest BCUT2D eigenvalue weighted by atomic mass is 35.5. The first-order valence-corrected chi connectivity index (χ1v) is 8.30. The number of carbonyl (C=O) groups is 1. The zero-order chi connectivity index (χ0) is 15.8. The minimum absolute atomic E-state index is 0. The second-order valence-corrected chi connectivity index (χ2v) is 5.46. The molecule has 2 N–H and O–H groups in total. The summed E-state index contributed by atoms with van der Waals surface area (Å²) in [6.07, 6.45) is 0. The molecular weight excluding hydrogens is 369 g/mol. The summed E-state index contributed by atoms with van der Waals surface area (Å²) in [6, 6.07) is 7.74. The van der Waals surface area contributed by atoms with Gasteiger partial charge in [0.1, 0.15) is 16.5 Å². The van der Waals surface area contributed by atoms with Gasteiger partial charge in [0.2, 0.25) is 0 Å². The van der Waals surface area contributed by atoms with E-state index in [1.54, 1.807) is 5.38 Å². The van der Waals surface area contributed by atoms with Crippen LogP contribution in [0.2, 0.25) is 0 Å². The van der Waals surface area contributed by atoms with Gasteiger partial charge in [-0.25, -0.2) is 4.98 Å². The fourth-order valence-corrected chi connectivity index (χ4v) is 2.71. The summed E-state index contributed by atoms with van der Waals surface area (Å²) in [5.41, 5.74) is 1.45. The Morgan fingerprint density at radius 2 is 1.88 bits per heavy atom. The van der Waals surface area contributed by atoms with Gasteiger partial charge < -0.3 is 15.4 Å². The minimum Gasteiger partial charge on any atom is -0.494 e. The summed E-state index contributed by atoms with van der Waals surface area (Å²) in [5.74, 6) is 0.704. The van der Waals surface area contributed by atoms with Crippen molar-refractivity contribution in [3.8, 4) is 16.3 Å². The van der Waals surface area contributed by atoms with Crippen LogP contribution < -0.4 is 15.4 Å². The Hall–Kier alpha value is -1.34. The third-order valence-corrected chi connectivity index (χ3v) is 3.88. The molecule has 2 aromatic rings. The number of thiazole rings is 1. The SMILES string of the molecule is CCNCCNC(=O)c1csc(-c2ccc(OCC)cc2)n1.Cl.Cl. The molecule has 0 saturated heterocycles. The molecule has 0 aliphatic carbocycles. The predicted octanol–water partition coefficient (Wildman–Crippen LogP) is 3.39. The number of nitrogens with zero attached hydrogens (tertiary/aromatic N) is 1. The minimum atomic E-state index is -0.133. The van der Waals surface area contributed by atoms with Crippen molar-refractivity contribution >= 4 is 42.1 Å². The van der Waals surface area contributed by atoms with E-state index in [0.29, 0.717) is 18.8 Å². The molecule has 0 bridgehead atoms. The third kappa shape index (κ3) is 6.65. The monoisotopic (exact) mass is 391 g/mol. The second kappa shape index (κ2) is 12.1. The molecule has 0 aliphatic rings. The molecule has 5 nitrogen and oxygen atoms in total. The number of rotatable bonds is 8. The fraction of sp³-hybridized carbons (Fsp3) is 0.375. The Morgan fingerprint density at radius 3 is 2.50 bits per heavy atom. The lowest BCUT2D eigenvalue weighted by molar-refractivity contribution is 0.0950. The lowest BCUT2D eigenvalue weighted by atomic mass is 10.2. The van der Waals surface area contributed by atoms with Gasteiger partial charge in [0.25, 0.3) is 5.91 Å². The van der Waals surface area contributed by atoms with Crippen molar-refractivity contribution in [3.63, 3.8) is 0 Å². The van der Waals surface area contributed by atoms with Crippen molar-refractivity contribution in [2.24, 2.45) is 0 Å². The van der Waals surface area contributed by atoms with Gasteiger partial charge >= 0.3 is 0 Å². The van der Waals surface area contributed by atoms with Gasteiger partial charge in [0, 0.05) is 24.0 Å². The highest BCUT2D eigenvalue weighted by Gasteiger charge is 2.11. The largest absolute Gasteiger partial charge is 0.494 e. The van der Waals surface area contributed by atoms with E-state index in [1.165, 1.54) is 11.3 Å².